The summed E-state index contributed by atoms with van der Waals surface area (Å²) in [7, 11) is 0. The molecule has 2 aliphatic rings. The molecule has 1 heterocycles. The fraction of sp³-hybridized carbons (Fsp3) is 1.00. The van der Waals surface area contributed by atoms with E-state index in [1.165, 1.54) is 38.8 Å². The van der Waals surface area contributed by atoms with Gasteiger partial charge < -0.3 is 5.73 Å². The number of rotatable bonds is 2. The van der Waals surface area contributed by atoms with E-state index in [4.69, 9.17) is 5.73 Å². The molecule has 3 atom stereocenters. The lowest BCUT2D eigenvalue weighted by Crippen LogP contribution is -2.64. The van der Waals surface area contributed by atoms with E-state index in [9.17, 15) is 0 Å². The third-order valence-corrected chi connectivity index (χ3v) is 4.81. The lowest BCUT2D eigenvalue weighted by molar-refractivity contribution is -0.0466. The molecule has 3 unspecified atom stereocenters. The number of nitrogens with two attached hydrogens (primary N) is 1. The Hall–Kier alpha value is -0.0800. The van der Waals surface area contributed by atoms with E-state index in [0.29, 0.717) is 5.54 Å². The molecule has 0 aromatic heterocycles. The summed E-state index contributed by atoms with van der Waals surface area (Å²) in [5.41, 5.74) is 6.42. The first-order chi connectivity index (χ1) is 6.70. The molecule has 0 bridgehead atoms. The van der Waals surface area contributed by atoms with Crippen LogP contribution in [0.5, 0.6) is 0 Å². The van der Waals surface area contributed by atoms with Crippen molar-refractivity contribution in [3.05, 3.63) is 0 Å². The number of likely N-dealkylation sites (tertiary alicyclic amines) is 1. The lowest BCUT2D eigenvalue weighted by Gasteiger charge is -2.55. The molecule has 2 nitrogen and oxygen atoms in total. The van der Waals surface area contributed by atoms with Gasteiger partial charge in [-0.15, -0.1) is 0 Å². The smallest absolute Gasteiger partial charge is 0.0359 e. The van der Waals surface area contributed by atoms with Gasteiger partial charge in [0.2, 0.25) is 0 Å². The molecule has 1 saturated heterocycles. The van der Waals surface area contributed by atoms with Crippen LogP contribution in [-0.2, 0) is 0 Å². The van der Waals surface area contributed by atoms with Crippen LogP contribution in [0, 0.1) is 11.8 Å². The van der Waals surface area contributed by atoms with Crippen molar-refractivity contribution in [1.29, 1.82) is 0 Å². The molecule has 2 heteroatoms. The molecular formula is C12H24N2. The predicted octanol–water partition coefficient (Wildman–Crippen LogP) is 1.85. The van der Waals surface area contributed by atoms with Crippen LogP contribution in [-0.4, -0.2) is 30.1 Å². The number of hydrogen-bond donors (Lipinski definition) is 1. The number of hydrogen-bond acceptors (Lipinski definition) is 2. The van der Waals surface area contributed by atoms with Gasteiger partial charge in [0, 0.05) is 12.1 Å². The fourth-order valence-corrected chi connectivity index (χ4v) is 3.36. The highest BCUT2D eigenvalue weighted by atomic mass is 15.3. The van der Waals surface area contributed by atoms with E-state index in [-0.39, 0.29) is 0 Å². The summed E-state index contributed by atoms with van der Waals surface area (Å²) in [5.74, 6) is 1.63. The van der Waals surface area contributed by atoms with Crippen molar-refractivity contribution in [2.45, 2.75) is 45.1 Å². The second-order valence-electron chi connectivity index (χ2n) is 5.31. The Morgan fingerprint density at radius 2 is 2.00 bits per heavy atom. The van der Waals surface area contributed by atoms with Gasteiger partial charge in [-0.25, -0.2) is 0 Å². The lowest BCUT2D eigenvalue weighted by atomic mass is 9.66. The van der Waals surface area contributed by atoms with Gasteiger partial charge in [-0.2, -0.15) is 0 Å². The third-order valence-electron chi connectivity index (χ3n) is 4.81. The van der Waals surface area contributed by atoms with Crippen molar-refractivity contribution < 1.29 is 0 Å². The van der Waals surface area contributed by atoms with Crippen molar-refractivity contribution >= 4 is 0 Å². The van der Waals surface area contributed by atoms with Crippen LogP contribution >= 0.6 is 0 Å². The summed E-state index contributed by atoms with van der Waals surface area (Å²) in [5, 5.41) is 0. The number of nitrogens with zero attached hydrogens (tertiary/aromatic N) is 1. The minimum Gasteiger partial charge on any atom is -0.329 e. The average molecular weight is 196 g/mol. The van der Waals surface area contributed by atoms with Crippen molar-refractivity contribution in [2.75, 3.05) is 19.6 Å². The quantitative estimate of drug-likeness (QED) is 0.730. The zero-order valence-electron chi connectivity index (χ0n) is 9.63. The molecule has 2 N–H and O–H groups in total. The van der Waals surface area contributed by atoms with Gasteiger partial charge in [-0.05, 0) is 37.8 Å². The molecule has 1 aliphatic carbocycles. The minimum absolute atomic E-state index is 0.357. The van der Waals surface area contributed by atoms with Gasteiger partial charge in [0.05, 0.1) is 0 Å². The predicted molar refractivity (Wildman–Crippen MR) is 60.2 cm³/mol. The molecule has 82 valence electrons. The Morgan fingerprint density at radius 1 is 1.29 bits per heavy atom. The first-order valence-electron chi connectivity index (χ1n) is 6.16. The maximum Gasteiger partial charge on any atom is 0.0359 e. The van der Waals surface area contributed by atoms with Crippen LogP contribution < -0.4 is 5.73 Å². The maximum atomic E-state index is 6.06. The van der Waals surface area contributed by atoms with Crippen molar-refractivity contribution in [3.63, 3.8) is 0 Å². The Kier molecular flexibility index (Phi) is 2.85. The van der Waals surface area contributed by atoms with Gasteiger partial charge in [0.15, 0.2) is 0 Å². The molecule has 0 aromatic carbocycles. The average Bonchev–Trinajstić information content (AvgIpc) is 2.10. The first kappa shape index (κ1) is 10.4. The van der Waals surface area contributed by atoms with E-state index < -0.39 is 0 Å². The summed E-state index contributed by atoms with van der Waals surface area (Å²) < 4.78 is 0. The Morgan fingerprint density at radius 3 is 2.50 bits per heavy atom. The Labute approximate surface area is 87.8 Å². The van der Waals surface area contributed by atoms with Gasteiger partial charge >= 0.3 is 0 Å². The Balaban J connectivity index is 2.15. The van der Waals surface area contributed by atoms with E-state index in [0.717, 1.165) is 18.4 Å². The minimum atomic E-state index is 0.357. The van der Waals surface area contributed by atoms with Crippen LogP contribution in [0.4, 0.5) is 0 Å². The van der Waals surface area contributed by atoms with E-state index in [1.54, 1.807) is 0 Å². The summed E-state index contributed by atoms with van der Waals surface area (Å²) in [6.07, 6.45) is 5.48. The maximum absolute atomic E-state index is 6.06. The molecular weight excluding hydrogens is 172 g/mol. The molecule has 0 aromatic rings. The van der Waals surface area contributed by atoms with Crippen molar-refractivity contribution in [3.8, 4) is 0 Å². The van der Waals surface area contributed by atoms with Crippen molar-refractivity contribution in [2.24, 2.45) is 17.6 Å². The second-order valence-corrected chi connectivity index (χ2v) is 5.31. The zero-order chi connectivity index (χ0) is 10.2. The van der Waals surface area contributed by atoms with Crippen LogP contribution in [0.2, 0.25) is 0 Å². The molecule has 0 amide bonds. The molecule has 1 aliphatic heterocycles. The monoisotopic (exact) mass is 196 g/mol. The molecule has 2 fully saturated rings. The van der Waals surface area contributed by atoms with Gasteiger partial charge in [0.1, 0.15) is 0 Å². The summed E-state index contributed by atoms with van der Waals surface area (Å²) in [6, 6.07) is 0. The van der Waals surface area contributed by atoms with Crippen LogP contribution in [0.15, 0.2) is 0 Å². The molecule has 2 rings (SSSR count). The largest absolute Gasteiger partial charge is 0.329 e. The van der Waals surface area contributed by atoms with Gasteiger partial charge in [0.25, 0.3) is 0 Å². The van der Waals surface area contributed by atoms with Crippen LogP contribution in [0.25, 0.3) is 0 Å². The normalized spacial score (nSPS) is 44.8. The van der Waals surface area contributed by atoms with Crippen LogP contribution in [0.1, 0.15) is 39.5 Å². The summed E-state index contributed by atoms with van der Waals surface area (Å²) in [4.78, 5) is 2.65. The second kappa shape index (κ2) is 3.82. The highest BCUT2D eigenvalue weighted by Crippen LogP contribution is 2.42. The van der Waals surface area contributed by atoms with Crippen molar-refractivity contribution in [1.82, 2.24) is 4.90 Å². The Bertz CT molecular complexity index is 200. The van der Waals surface area contributed by atoms with Gasteiger partial charge in [-0.3, -0.25) is 4.90 Å². The zero-order valence-corrected chi connectivity index (χ0v) is 9.63. The fourth-order valence-electron chi connectivity index (χ4n) is 3.36. The highest BCUT2D eigenvalue weighted by Gasteiger charge is 2.46. The third kappa shape index (κ3) is 1.40. The molecule has 14 heavy (non-hydrogen) atoms. The van der Waals surface area contributed by atoms with E-state index in [1.807, 2.05) is 0 Å². The highest BCUT2D eigenvalue weighted by molar-refractivity contribution is 5.02. The SMILES string of the molecule is CC1CCCC(CN)(N2CCC2)C1C. The first-order valence-corrected chi connectivity index (χ1v) is 6.16. The summed E-state index contributed by atoms with van der Waals surface area (Å²) >= 11 is 0. The standard InChI is InChI=1S/C12H24N2/c1-10-5-3-6-12(9-13,11(10)2)14-7-4-8-14/h10-11H,3-9,13H2,1-2H3. The van der Waals surface area contributed by atoms with Crippen LogP contribution in [0.3, 0.4) is 0 Å². The van der Waals surface area contributed by atoms with Gasteiger partial charge in [-0.1, -0.05) is 26.7 Å². The molecule has 0 spiro atoms. The molecule has 1 saturated carbocycles. The van der Waals surface area contributed by atoms with E-state index in [2.05, 4.69) is 18.7 Å². The van der Waals surface area contributed by atoms with E-state index >= 15 is 0 Å². The summed E-state index contributed by atoms with van der Waals surface area (Å²) in [6.45, 7) is 8.24. The molecule has 0 radical (unpaired) electrons. The topological polar surface area (TPSA) is 29.3 Å².